The lowest BCUT2D eigenvalue weighted by atomic mass is 10.0. The fraction of sp³-hybridized carbons (Fsp3) is 0.304. The Labute approximate surface area is 174 Å². The molecule has 2 aromatic rings. The number of hydrogen-bond donors (Lipinski definition) is 3. The van der Waals surface area contributed by atoms with Crippen LogP contribution in [-0.4, -0.2) is 29.5 Å². The number of hydrogen-bond acceptors (Lipinski definition) is 4. The summed E-state index contributed by atoms with van der Waals surface area (Å²) in [6.45, 7) is 4.29. The minimum absolute atomic E-state index is 0.233. The first-order valence-corrected chi connectivity index (χ1v) is 9.69. The normalized spacial score (nSPS) is 17.4. The molecule has 0 radical (unpaired) electrons. The van der Waals surface area contributed by atoms with Crippen LogP contribution in [0.2, 0.25) is 0 Å². The Hall–Kier alpha value is -3.24. The molecule has 4 N–H and O–H groups in total. The Morgan fingerprint density at radius 3 is 2.83 bits per heavy atom. The molecule has 1 atom stereocenters. The number of carbonyl (C=O) groups excluding carboxylic acids is 1. The van der Waals surface area contributed by atoms with Gasteiger partial charge >= 0.3 is 0 Å². The molecule has 5 nitrogen and oxygen atoms in total. The molecule has 1 aromatic carbocycles. The van der Waals surface area contributed by atoms with Crippen LogP contribution in [0.5, 0.6) is 0 Å². The van der Waals surface area contributed by atoms with Gasteiger partial charge in [0.1, 0.15) is 0 Å². The predicted molar refractivity (Wildman–Crippen MR) is 112 cm³/mol. The quantitative estimate of drug-likeness (QED) is 0.537. The molecule has 1 fully saturated rings. The number of nitrogens with two attached hydrogens (primary N) is 1. The molecule has 0 aliphatic carbocycles. The van der Waals surface area contributed by atoms with Gasteiger partial charge in [-0.2, -0.15) is 8.78 Å². The second kappa shape index (κ2) is 9.06. The van der Waals surface area contributed by atoms with Gasteiger partial charge in [-0.1, -0.05) is 17.9 Å². The maximum Gasteiger partial charge on any atom is 0.287 e. The van der Waals surface area contributed by atoms with Crippen molar-refractivity contribution < 1.29 is 13.6 Å². The summed E-state index contributed by atoms with van der Waals surface area (Å²) in [6.07, 6.45) is 3.70. The van der Waals surface area contributed by atoms with Crippen LogP contribution in [-0.2, 0) is 0 Å². The van der Waals surface area contributed by atoms with E-state index in [-0.39, 0.29) is 12.1 Å². The monoisotopic (exact) mass is 410 g/mol. The van der Waals surface area contributed by atoms with Gasteiger partial charge in [-0.15, -0.1) is 0 Å². The largest absolute Gasteiger partial charge is 0.384 e. The van der Waals surface area contributed by atoms with Gasteiger partial charge < -0.3 is 16.4 Å². The number of alkyl halides is 2. The molecule has 1 aromatic heterocycles. The van der Waals surface area contributed by atoms with Gasteiger partial charge in [0.25, 0.3) is 11.8 Å². The van der Waals surface area contributed by atoms with Crippen molar-refractivity contribution in [1.29, 1.82) is 0 Å². The molecular formula is C23H24F2N4O. The van der Waals surface area contributed by atoms with Gasteiger partial charge in [0, 0.05) is 42.0 Å². The average Bonchev–Trinajstić information content (AvgIpc) is 2.69. The van der Waals surface area contributed by atoms with E-state index in [9.17, 15) is 13.6 Å². The van der Waals surface area contributed by atoms with Crippen molar-refractivity contribution in [3.8, 4) is 11.8 Å². The van der Waals surface area contributed by atoms with Crippen LogP contribution < -0.4 is 16.4 Å². The van der Waals surface area contributed by atoms with E-state index < -0.39 is 18.0 Å². The summed E-state index contributed by atoms with van der Waals surface area (Å²) >= 11 is 0. The second-order valence-electron chi connectivity index (χ2n) is 7.35. The van der Waals surface area contributed by atoms with Crippen molar-refractivity contribution in [3.63, 3.8) is 0 Å². The van der Waals surface area contributed by atoms with Gasteiger partial charge in [0.05, 0.1) is 11.9 Å². The van der Waals surface area contributed by atoms with Crippen LogP contribution >= 0.6 is 0 Å². The molecule has 3 rings (SSSR count). The highest BCUT2D eigenvalue weighted by Gasteiger charge is 2.36. The number of amides is 1. The molecule has 0 bridgehead atoms. The van der Waals surface area contributed by atoms with E-state index in [0.717, 1.165) is 22.8 Å². The van der Waals surface area contributed by atoms with Crippen LogP contribution in [0.3, 0.4) is 0 Å². The van der Waals surface area contributed by atoms with E-state index in [1.807, 2.05) is 19.9 Å². The number of nitrogens with one attached hydrogen (secondary N) is 2. The molecule has 0 spiro atoms. The second-order valence-corrected chi connectivity index (χ2v) is 7.35. The molecule has 1 unspecified atom stereocenters. The minimum Gasteiger partial charge on any atom is -0.384 e. The number of nitrogens with zero attached hydrogens (tertiary/aromatic N) is 1. The number of piperidine rings is 1. The lowest BCUT2D eigenvalue weighted by molar-refractivity contribution is 0.0116. The molecule has 1 aliphatic rings. The number of aryl methyl sites for hydroxylation is 2. The van der Waals surface area contributed by atoms with Crippen LogP contribution in [0.25, 0.3) is 0 Å². The molecule has 156 valence electrons. The summed E-state index contributed by atoms with van der Waals surface area (Å²) in [5.41, 5.74) is 9.36. The van der Waals surface area contributed by atoms with E-state index in [0.29, 0.717) is 24.1 Å². The summed E-state index contributed by atoms with van der Waals surface area (Å²) < 4.78 is 27.8. The van der Waals surface area contributed by atoms with E-state index in [1.165, 1.54) is 0 Å². The van der Waals surface area contributed by atoms with Gasteiger partial charge in [0.15, 0.2) is 0 Å². The summed E-state index contributed by atoms with van der Waals surface area (Å²) in [6, 6.07) is 7.02. The third kappa shape index (κ3) is 5.43. The van der Waals surface area contributed by atoms with Gasteiger partial charge in [-0.3, -0.25) is 9.78 Å². The molecule has 1 amide bonds. The van der Waals surface area contributed by atoms with Gasteiger partial charge in [-0.05, 0) is 55.7 Å². The van der Waals surface area contributed by atoms with E-state index in [2.05, 4.69) is 27.5 Å². The van der Waals surface area contributed by atoms with Crippen molar-refractivity contribution in [2.45, 2.75) is 38.8 Å². The highest BCUT2D eigenvalue weighted by molar-refractivity contribution is 5.95. The summed E-state index contributed by atoms with van der Waals surface area (Å²) in [5.74, 6) is 2.68. The SMILES string of the molecule is Cc1cncc(C#Cc2cc(C(=O)NC(N)/C=C3\NCCCC3(F)F)ccc2C)c1. The smallest absolute Gasteiger partial charge is 0.287 e. The Morgan fingerprint density at radius 2 is 2.10 bits per heavy atom. The number of pyridine rings is 1. The van der Waals surface area contributed by atoms with Crippen LogP contribution in [0.1, 0.15) is 45.5 Å². The maximum atomic E-state index is 13.9. The standard InChI is InChI=1S/C23H24F2N4O/c1-15-10-17(14-27-13-15)5-7-18-11-19(6-4-16(18)2)22(30)29-21(26)12-20-23(24,25)8-3-9-28-20/h4,6,10-14,21,28H,3,8-9,26H2,1-2H3,(H,29,30)/b20-12-. The summed E-state index contributed by atoms with van der Waals surface area (Å²) in [7, 11) is 0. The van der Waals surface area contributed by atoms with Crippen molar-refractivity contribution in [3.05, 3.63) is 76.2 Å². The summed E-state index contributed by atoms with van der Waals surface area (Å²) in [4.78, 5) is 16.7. The molecule has 30 heavy (non-hydrogen) atoms. The predicted octanol–water partition coefficient (Wildman–Crippen LogP) is 3.02. The first-order valence-electron chi connectivity index (χ1n) is 9.69. The lowest BCUT2D eigenvalue weighted by Gasteiger charge is -2.27. The molecule has 7 heteroatoms. The first kappa shape index (κ1) is 21.5. The lowest BCUT2D eigenvalue weighted by Crippen LogP contribution is -2.44. The third-order valence-corrected chi connectivity index (χ3v) is 4.74. The number of carbonyl (C=O) groups is 1. The van der Waals surface area contributed by atoms with Crippen LogP contribution in [0, 0.1) is 25.7 Å². The Morgan fingerprint density at radius 1 is 1.30 bits per heavy atom. The Bertz CT molecular complexity index is 1040. The van der Waals surface area contributed by atoms with Crippen molar-refractivity contribution in [2.75, 3.05) is 6.54 Å². The number of aromatic nitrogens is 1. The molecular weight excluding hydrogens is 386 g/mol. The van der Waals surface area contributed by atoms with Crippen molar-refractivity contribution >= 4 is 5.91 Å². The first-order chi connectivity index (χ1) is 14.2. The Balaban J connectivity index is 1.75. The van der Waals surface area contributed by atoms with E-state index in [1.54, 1.807) is 30.6 Å². The van der Waals surface area contributed by atoms with E-state index in [4.69, 9.17) is 5.73 Å². The van der Waals surface area contributed by atoms with Crippen molar-refractivity contribution in [2.24, 2.45) is 5.73 Å². The zero-order valence-electron chi connectivity index (χ0n) is 16.9. The zero-order valence-corrected chi connectivity index (χ0v) is 16.9. The molecule has 0 saturated carbocycles. The molecule has 2 heterocycles. The van der Waals surface area contributed by atoms with Gasteiger partial charge in [0.2, 0.25) is 0 Å². The van der Waals surface area contributed by atoms with Crippen LogP contribution in [0.4, 0.5) is 8.78 Å². The molecule has 1 saturated heterocycles. The number of rotatable bonds is 3. The highest BCUT2D eigenvalue weighted by Crippen LogP contribution is 2.30. The Kier molecular flexibility index (Phi) is 6.48. The third-order valence-electron chi connectivity index (χ3n) is 4.74. The highest BCUT2D eigenvalue weighted by atomic mass is 19.3. The van der Waals surface area contributed by atoms with E-state index >= 15 is 0 Å². The average molecular weight is 410 g/mol. The van der Waals surface area contributed by atoms with Crippen LogP contribution in [0.15, 0.2) is 48.4 Å². The fourth-order valence-corrected chi connectivity index (χ4v) is 3.09. The zero-order chi connectivity index (χ0) is 21.7. The maximum absolute atomic E-state index is 13.9. The number of halogens is 2. The number of benzene rings is 1. The minimum atomic E-state index is -2.96. The number of allylic oxidation sites excluding steroid dienone is 1. The molecule has 1 aliphatic heterocycles. The topological polar surface area (TPSA) is 80.0 Å². The fourth-order valence-electron chi connectivity index (χ4n) is 3.09. The summed E-state index contributed by atoms with van der Waals surface area (Å²) in [5, 5.41) is 5.20. The van der Waals surface area contributed by atoms with Crippen molar-refractivity contribution in [1.82, 2.24) is 15.6 Å². The van der Waals surface area contributed by atoms with Gasteiger partial charge in [-0.25, -0.2) is 0 Å².